The Morgan fingerprint density at radius 3 is 2.77 bits per heavy atom. The molecule has 1 aliphatic heterocycles. The molecule has 3 aromatic rings. The molecule has 0 saturated heterocycles. The Balaban J connectivity index is 1.64. The van der Waals surface area contributed by atoms with Crippen molar-refractivity contribution in [3.05, 3.63) is 24.0 Å². The van der Waals surface area contributed by atoms with Crippen molar-refractivity contribution in [1.29, 1.82) is 0 Å². The lowest BCUT2D eigenvalue weighted by atomic mass is 10.2. The molecule has 0 amide bonds. The number of anilines is 3. The van der Waals surface area contributed by atoms with Crippen LogP contribution in [0.1, 0.15) is 19.4 Å². The van der Waals surface area contributed by atoms with Gasteiger partial charge in [-0.25, -0.2) is 15.0 Å². The van der Waals surface area contributed by atoms with Crippen LogP contribution in [0.3, 0.4) is 0 Å². The summed E-state index contributed by atoms with van der Waals surface area (Å²) in [5.41, 5.74) is 9.78. The Bertz CT molecular complexity index is 952. The number of hydrogen-bond acceptors (Lipinski definition) is 9. The van der Waals surface area contributed by atoms with Crippen LogP contribution in [-0.2, 0) is 6.42 Å². The largest absolute Gasteiger partial charge is 0.381 e. The normalized spacial score (nSPS) is 13.3. The van der Waals surface area contributed by atoms with Crippen molar-refractivity contribution in [2.45, 2.75) is 26.3 Å². The standard InChI is InChI=1S/C17H20N8S/c1-9(2)25-5-4-10-6-11(20-8-13(10)25)15-23-17(26-24-15)12-7-21-16(19-3)14(18)22-12/h6-9H,4-5H2,1-3H3,(H2,18,22)(H,19,21). The fourth-order valence-electron chi connectivity index (χ4n) is 3.10. The van der Waals surface area contributed by atoms with E-state index in [0.717, 1.165) is 18.7 Å². The molecule has 0 spiro atoms. The van der Waals surface area contributed by atoms with Gasteiger partial charge in [0.15, 0.2) is 22.5 Å². The zero-order valence-corrected chi connectivity index (χ0v) is 15.7. The molecule has 0 aromatic carbocycles. The van der Waals surface area contributed by atoms with E-state index >= 15 is 0 Å². The summed E-state index contributed by atoms with van der Waals surface area (Å²) in [5, 5.41) is 3.57. The topological polar surface area (TPSA) is 106 Å². The van der Waals surface area contributed by atoms with Crippen molar-refractivity contribution in [3.8, 4) is 22.2 Å². The predicted molar refractivity (Wildman–Crippen MR) is 104 cm³/mol. The molecule has 26 heavy (non-hydrogen) atoms. The molecule has 0 bridgehead atoms. The summed E-state index contributed by atoms with van der Waals surface area (Å²) in [5.74, 6) is 1.49. The summed E-state index contributed by atoms with van der Waals surface area (Å²) in [6, 6.07) is 2.56. The molecule has 0 fully saturated rings. The van der Waals surface area contributed by atoms with Gasteiger partial charge in [-0.15, -0.1) is 0 Å². The average molecular weight is 368 g/mol. The Labute approximate surface area is 155 Å². The number of aromatic nitrogens is 5. The van der Waals surface area contributed by atoms with E-state index in [-0.39, 0.29) is 0 Å². The lowest BCUT2D eigenvalue weighted by molar-refractivity contribution is 0.709. The highest BCUT2D eigenvalue weighted by Crippen LogP contribution is 2.32. The minimum Gasteiger partial charge on any atom is -0.381 e. The molecular formula is C17H20N8S. The van der Waals surface area contributed by atoms with Gasteiger partial charge in [-0.05, 0) is 43.4 Å². The van der Waals surface area contributed by atoms with Gasteiger partial charge < -0.3 is 16.0 Å². The second kappa shape index (κ2) is 6.49. The Kier molecular flexibility index (Phi) is 4.15. The number of pyridine rings is 1. The molecule has 1 aliphatic rings. The van der Waals surface area contributed by atoms with Crippen molar-refractivity contribution in [1.82, 2.24) is 24.3 Å². The summed E-state index contributed by atoms with van der Waals surface area (Å²) >= 11 is 1.27. The number of hydrogen-bond donors (Lipinski definition) is 2. The Hall–Kier alpha value is -2.81. The quantitative estimate of drug-likeness (QED) is 0.723. The van der Waals surface area contributed by atoms with E-state index in [0.29, 0.717) is 34.2 Å². The molecule has 0 radical (unpaired) electrons. The summed E-state index contributed by atoms with van der Waals surface area (Å²) in [6.07, 6.45) is 4.59. The molecule has 0 saturated carbocycles. The molecule has 0 aliphatic carbocycles. The van der Waals surface area contributed by atoms with Crippen LogP contribution >= 0.6 is 11.5 Å². The van der Waals surface area contributed by atoms with Crippen LogP contribution in [0.4, 0.5) is 17.3 Å². The van der Waals surface area contributed by atoms with E-state index in [9.17, 15) is 0 Å². The molecule has 0 unspecified atom stereocenters. The number of nitrogens with one attached hydrogen (secondary N) is 1. The minimum absolute atomic E-state index is 0.339. The maximum absolute atomic E-state index is 5.89. The third-order valence-corrected chi connectivity index (χ3v) is 5.17. The van der Waals surface area contributed by atoms with Gasteiger partial charge in [0.1, 0.15) is 11.4 Å². The van der Waals surface area contributed by atoms with E-state index in [2.05, 4.69) is 54.4 Å². The van der Waals surface area contributed by atoms with E-state index in [1.54, 1.807) is 13.2 Å². The minimum atomic E-state index is 0.339. The number of nitrogens with two attached hydrogens (primary N) is 1. The van der Waals surface area contributed by atoms with E-state index in [4.69, 9.17) is 5.73 Å². The van der Waals surface area contributed by atoms with Crippen LogP contribution in [0.15, 0.2) is 18.5 Å². The summed E-state index contributed by atoms with van der Waals surface area (Å²) in [6.45, 7) is 5.42. The number of nitrogens with zero attached hydrogens (tertiary/aromatic N) is 6. The molecule has 0 atom stereocenters. The van der Waals surface area contributed by atoms with E-state index < -0.39 is 0 Å². The summed E-state index contributed by atoms with van der Waals surface area (Å²) < 4.78 is 4.44. The number of fused-ring (bicyclic) bond motifs is 1. The summed E-state index contributed by atoms with van der Waals surface area (Å²) in [4.78, 5) is 20.1. The van der Waals surface area contributed by atoms with Crippen LogP contribution in [0.5, 0.6) is 0 Å². The molecule has 9 heteroatoms. The third-order valence-electron chi connectivity index (χ3n) is 4.43. The third kappa shape index (κ3) is 2.84. The maximum Gasteiger partial charge on any atom is 0.192 e. The Morgan fingerprint density at radius 2 is 2.04 bits per heavy atom. The predicted octanol–water partition coefficient (Wildman–Crippen LogP) is 2.45. The Morgan fingerprint density at radius 1 is 1.19 bits per heavy atom. The monoisotopic (exact) mass is 368 g/mol. The van der Waals surface area contributed by atoms with Gasteiger partial charge in [-0.1, -0.05) is 0 Å². The highest BCUT2D eigenvalue weighted by molar-refractivity contribution is 7.09. The first-order valence-corrected chi connectivity index (χ1v) is 9.24. The first-order chi connectivity index (χ1) is 12.6. The molecule has 4 rings (SSSR count). The zero-order chi connectivity index (χ0) is 18.3. The number of rotatable bonds is 4. The highest BCUT2D eigenvalue weighted by atomic mass is 32.1. The van der Waals surface area contributed by atoms with Gasteiger partial charge >= 0.3 is 0 Å². The van der Waals surface area contributed by atoms with Crippen LogP contribution in [0.2, 0.25) is 0 Å². The molecule has 3 aromatic heterocycles. The van der Waals surface area contributed by atoms with Crippen molar-refractivity contribution < 1.29 is 0 Å². The van der Waals surface area contributed by atoms with Gasteiger partial charge in [0.25, 0.3) is 0 Å². The maximum atomic E-state index is 5.89. The first-order valence-electron chi connectivity index (χ1n) is 8.47. The summed E-state index contributed by atoms with van der Waals surface area (Å²) in [7, 11) is 1.75. The van der Waals surface area contributed by atoms with Crippen LogP contribution in [0.25, 0.3) is 22.2 Å². The molecule has 8 nitrogen and oxygen atoms in total. The number of nitrogen functional groups attached to an aromatic ring is 1. The molecule has 3 N–H and O–H groups in total. The fraction of sp³-hybridized carbons (Fsp3) is 0.353. The van der Waals surface area contributed by atoms with Crippen molar-refractivity contribution in [3.63, 3.8) is 0 Å². The zero-order valence-electron chi connectivity index (χ0n) is 14.9. The lowest BCUT2D eigenvalue weighted by Crippen LogP contribution is -2.28. The van der Waals surface area contributed by atoms with Crippen molar-refractivity contribution >= 4 is 28.9 Å². The van der Waals surface area contributed by atoms with Crippen molar-refractivity contribution in [2.75, 3.05) is 29.5 Å². The lowest BCUT2D eigenvalue weighted by Gasteiger charge is -2.23. The van der Waals surface area contributed by atoms with Gasteiger partial charge in [0.05, 0.1) is 18.1 Å². The highest BCUT2D eigenvalue weighted by Gasteiger charge is 2.23. The van der Waals surface area contributed by atoms with E-state index in [1.165, 1.54) is 22.8 Å². The molecular weight excluding hydrogens is 348 g/mol. The van der Waals surface area contributed by atoms with Crippen molar-refractivity contribution in [2.24, 2.45) is 0 Å². The van der Waals surface area contributed by atoms with Crippen LogP contribution in [0, 0.1) is 0 Å². The molecule has 134 valence electrons. The van der Waals surface area contributed by atoms with Gasteiger partial charge in [-0.3, -0.25) is 4.98 Å². The second-order valence-corrected chi connectivity index (χ2v) is 7.15. The smallest absolute Gasteiger partial charge is 0.192 e. The first kappa shape index (κ1) is 16.6. The second-order valence-electron chi connectivity index (χ2n) is 6.40. The van der Waals surface area contributed by atoms with E-state index in [1.807, 2.05) is 6.20 Å². The molecule has 4 heterocycles. The van der Waals surface area contributed by atoms with Gasteiger partial charge in [0.2, 0.25) is 0 Å². The fourth-order valence-corrected chi connectivity index (χ4v) is 3.73. The van der Waals surface area contributed by atoms with Gasteiger partial charge in [0, 0.05) is 19.6 Å². The average Bonchev–Trinajstić information content (AvgIpc) is 3.28. The SMILES string of the molecule is CNc1ncc(-c2nc(-c3cc4c(cn3)N(C(C)C)CC4)ns2)nc1N. The van der Waals surface area contributed by atoms with Crippen LogP contribution < -0.4 is 16.0 Å². The van der Waals surface area contributed by atoms with Crippen LogP contribution in [-0.4, -0.2) is 43.9 Å². The van der Waals surface area contributed by atoms with Gasteiger partial charge in [-0.2, -0.15) is 4.37 Å².